The zero-order valence-electron chi connectivity index (χ0n) is 19.2. The summed E-state index contributed by atoms with van der Waals surface area (Å²) in [6.45, 7) is 15.2. The monoisotopic (exact) mass is 529 g/mol. The average Bonchev–Trinajstić information content (AvgIpc) is 3.33. The number of methoxy groups -OCH3 is 1. The van der Waals surface area contributed by atoms with Crippen molar-refractivity contribution in [2.45, 2.75) is 46.2 Å². The number of rotatable bonds is 7. The number of guanidine groups is 1. The van der Waals surface area contributed by atoms with Gasteiger partial charge in [-0.25, -0.2) is 0 Å². The molecule has 2 N–H and O–H groups in total. The maximum atomic E-state index is 5.37. The molecule has 2 fully saturated rings. The zero-order valence-corrected chi connectivity index (χ0v) is 21.6. The summed E-state index contributed by atoms with van der Waals surface area (Å²) < 4.78 is 5.37. The van der Waals surface area contributed by atoms with Crippen LogP contribution in [0.2, 0.25) is 0 Å². The number of aliphatic imine (C=N–C) groups is 1. The van der Waals surface area contributed by atoms with Crippen LogP contribution in [0.15, 0.2) is 29.3 Å². The first-order valence-electron chi connectivity index (χ1n) is 11.2. The maximum Gasteiger partial charge on any atom is 0.191 e. The Morgan fingerprint density at radius 3 is 2.73 bits per heavy atom. The van der Waals surface area contributed by atoms with Crippen molar-refractivity contribution in [2.24, 2.45) is 16.8 Å². The Morgan fingerprint density at radius 2 is 2.07 bits per heavy atom. The van der Waals surface area contributed by atoms with E-state index in [-0.39, 0.29) is 24.0 Å². The molecule has 0 amide bonds. The van der Waals surface area contributed by atoms with Crippen LogP contribution in [0.5, 0.6) is 5.75 Å². The second-order valence-electron chi connectivity index (χ2n) is 8.80. The number of nitrogens with one attached hydrogen (secondary N) is 2. The Morgan fingerprint density at radius 1 is 1.27 bits per heavy atom. The van der Waals surface area contributed by atoms with Gasteiger partial charge in [0.15, 0.2) is 5.96 Å². The molecule has 0 spiro atoms. The smallest absolute Gasteiger partial charge is 0.191 e. The molecule has 3 atom stereocenters. The van der Waals surface area contributed by atoms with Gasteiger partial charge in [-0.1, -0.05) is 13.0 Å². The molecule has 30 heavy (non-hydrogen) atoms. The van der Waals surface area contributed by atoms with Crippen molar-refractivity contribution in [3.8, 4) is 5.75 Å². The van der Waals surface area contributed by atoms with Crippen LogP contribution in [0.4, 0.5) is 5.69 Å². The van der Waals surface area contributed by atoms with Gasteiger partial charge in [-0.3, -0.25) is 9.89 Å². The second-order valence-corrected chi connectivity index (χ2v) is 8.80. The molecule has 3 rings (SSSR count). The Balaban J connectivity index is 0.00000320. The van der Waals surface area contributed by atoms with Crippen LogP contribution >= 0.6 is 24.0 Å². The van der Waals surface area contributed by atoms with Crippen LogP contribution in [-0.4, -0.2) is 69.3 Å². The van der Waals surface area contributed by atoms with E-state index in [4.69, 9.17) is 9.73 Å². The molecule has 1 aromatic rings. The van der Waals surface area contributed by atoms with E-state index < -0.39 is 0 Å². The SMILES string of the molecule is CCNC(=NCC1CCN(c2cccc(OC)c2)C1)NC1CN(C(C)C)CC1C.I. The lowest BCUT2D eigenvalue weighted by Gasteiger charge is -2.22. The highest BCUT2D eigenvalue weighted by Crippen LogP contribution is 2.27. The minimum Gasteiger partial charge on any atom is -0.497 e. The Labute approximate surface area is 199 Å². The molecule has 0 bridgehead atoms. The number of halogens is 1. The summed E-state index contributed by atoms with van der Waals surface area (Å²) in [5.74, 6) is 3.11. The molecule has 2 aliphatic rings. The molecule has 0 saturated carbocycles. The molecule has 170 valence electrons. The lowest BCUT2D eigenvalue weighted by molar-refractivity contribution is 0.265. The van der Waals surface area contributed by atoms with Gasteiger partial charge in [0.05, 0.1) is 7.11 Å². The first-order chi connectivity index (χ1) is 14.0. The molecule has 1 aromatic carbocycles. The predicted molar refractivity (Wildman–Crippen MR) is 138 cm³/mol. The van der Waals surface area contributed by atoms with Crippen molar-refractivity contribution >= 4 is 35.6 Å². The number of hydrogen-bond acceptors (Lipinski definition) is 4. The van der Waals surface area contributed by atoms with Crippen LogP contribution in [0, 0.1) is 11.8 Å². The van der Waals surface area contributed by atoms with E-state index in [0.29, 0.717) is 23.9 Å². The van der Waals surface area contributed by atoms with Gasteiger partial charge in [0.25, 0.3) is 0 Å². The fourth-order valence-electron chi connectivity index (χ4n) is 4.35. The summed E-state index contributed by atoms with van der Waals surface area (Å²) in [5, 5.41) is 7.15. The van der Waals surface area contributed by atoms with Gasteiger partial charge >= 0.3 is 0 Å². The molecule has 0 aromatic heterocycles. The molecule has 2 aliphatic heterocycles. The van der Waals surface area contributed by atoms with Crippen molar-refractivity contribution in [1.29, 1.82) is 0 Å². The van der Waals surface area contributed by atoms with Gasteiger partial charge < -0.3 is 20.3 Å². The third-order valence-corrected chi connectivity index (χ3v) is 6.25. The fraction of sp³-hybridized carbons (Fsp3) is 0.696. The Bertz CT molecular complexity index is 683. The van der Waals surface area contributed by atoms with Crippen molar-refractivity contribution in [3.63, 3.8) is 0 Å². The fourth-order valence-corrected chi connectivity index (χ4v) is 4.35. The molecule has 6 nitrogen and oxygen atoms in total. The first kappa shape index (κ1) is 25.0. The summed E-state index contributed by atoms with van der Waals surface area (Å²) in [5.41, 5.74) is 1.24. The normalized spacial score (nSPS) is 24.8. The lowest BCUT2D eigenvalue weighted by Crippen LogP contribution is -2.47. The molecule has 2 heterocycles. The van der Waals surface area contributed by atoms with Gasteiger partial charge in [0.1, 0.15) is 5.75 Å². The van der Waals surface area contributed by atoms with E-state index >= 15 is 0 Å². The minimum atomic E-state index is 0. The average molecular weight is 530 g/mol. The van der Waals surface area contributed by atoms with Crippen molar-refractivity contribution in [3.05, 3.63) is 24.3 Å². The van der Waals surface area contributed by atoms with Gasteiger partial charge in [-0.2, -0.15) is 0 Å². The minimum absolute atomic E-state index is 0. The van der Waals surface area contributed by atoms with E-state index in [1.165, 1.54) is 12.1 Å². The number of hydrogen-bond donors (Lipinski definition) is 2. The predicted octanol–water partition coefficient (Wildman–Crippen LogP) is 3.42. The number of likely N-dealkylation sites (tertiary alicyclic amines) is 1. The highest BCUT2D eigenvalue weighted by Gasteiger charge is 2.31. The summed E-state index contributed by atoms with van der Waals surface area (Å²) >= 11 is 0. The maximum absolute atomic E-state index is 5.37. The topological polar surface area (TPSA) is 52.1 Å². The molecule has 3 unspecified atom stereocenters. The molecular formula is C23H40IN5O. The van der Waals surface area contributed by atoms with Gasteiger partial charge in [-0.05, 0) is 51.2 Å². The first-order valence-corrected chi connectivity index (χ1v) is 11.2. The molecule has 2 saturated heterocycles. The number of nitrogens with zero attached hydrogens (tertiary/aromatic N) is 3. The summed E-state index contributed by atoms with van der Waals surface area (Å²) in [7, 11) is 1.72. The van der Waals surface area contributed by atoms with E-state index in [1.54, 1.807) is 7.11 Å². The standard InChI is InChI=1S/C23H39N5O.HI/c1-6-24-23(26-22-16-28(17(2)3)14-18(22)4)25-13-19-10-11-27(15-19)20-8-7-9-21(12-20)29-5;/h7-9,12,17-19,22H,6,10-11,13-16H2,1-5H3,(H2,24,25,26);1H. The van der Waals surface area contributed by atoms with Gasteiger partial charge in [0.2, 0.25) is 0 Å². The van der Waals surface area contributed by atoms with Gasteiger partial charge in [-0.15, -0.1) is 24.0 Å². The third-order valence-electron chi connectivity index (χ3n) is 6.25. The van der Waals surface area contributed by atoms with Crippen LogP contribution in [0.25, 0.3) is 0 Å². The molecular weight excluding hydrogens is 489 g/mol. The summed E-state index contributed by atoms with van der Waals surface area (Å²) in [4.78, 5) is 9.95. The summed E-state index contributed by atoms with van der Waals surface area (Å²) in [6, 6.07) is 9.42. The number of benzene rings is 1. The van der Waals surface area contributed by atoms with Crippen molar-refractivity contribution in [1.82, 2.24) is 15.5 Å². The van der Waals surface area contributed by atoms with E-state index in [2.05, 4.69) is 66.3 Å². The van der Waals surface area contributed by atoms with Crippen LogP contribution < -0.4 is 20.3 Å². The quantitative estimate of drug-likeness (QED) is 0.322. The number of ether oxygens (including phenoxy) is 1. The molecule has 0 radical (unpaired) electrons. The van der Waals surface area contributed by atoms with Crippen LogP contribution in [0.1, 0.15) is 34.1 Å². The highest BCUT2D eigenvalue weighted by molar-refractivity contribution is 14.0. The molecule has 0 aliphatic carbocycles. The van der Waals surface area contributed by atoms with E-state index in [1.807, 2.05) is 6.07 Å². The van der Waals surface area contributed by atoms with E-state index in [0.717, 1.165) is 51.0 Å². The van der Waals surface area contributed by atoms with Crippen molar-refractivity contribution in [2.75, 3.05) is 51.3 Å². The largest absolute Gasteiger partial charge is 0.497 e. The van der Waals surface area contributed by atoms with E-state index in [9.17, 15) is 0 Å². The third kappa shape index (κ3) is 6.64. The highest BCUT2D eigenvalue weighted by atomic mass is 127. The number of anilines is 1. The zero-order chi connectivity index (χ0) is 20.8. The van der Waals surface area contributed by atoms with Crippen LogP contribution in [0.3, 0.4) is 0 Å². The summed E-state index contributed by atoms with van der Waals surface area (Å²) in [6.07, 6.45) is 1.18. The molecule has 7 heteroatoms. The lowest BCUT2D eigenvalue weighted by atomic mass is 10.1. The Hall–Kier alpha value is -1.22. The second kappa shape index (κ2) is 12.0. The van der Waals surface area contributed by atoms with Gasteiger partial charge in [0, 0.05) is 63.1 Å². The van der Waals surface area contributed by atoms with Crippen LogP contribution in [-0.2, 0) is 0 Å². The Kier molecular flexibility index (Phi) is 10.0. The van der Waals surface area contributed by atoms with Crippen molar-refractivity contribution < 1.29 is 4.74 Å².